The normalized spacial score (nSPS) is 20.5. The Labute approximate surface area is 151 Å². The van der Waals surface area contributed by atoms with Crippen LogP contribution in [-0.4, -0.2) is 32.1 Å². The van der Waals surface area contributed by atoms with Crippen molar-refractivity contribution in [1.29, 1.82) is 0 Å². The van der Waals surface area contributed by atoms with E-state index in [0.29, 0.717) is 19.3 Å². The van der Waals surface area contributed by atoms with Gasteiger partial charge in [-0.15, -0.1) is 0 Å². The first-order valence-electron chi connectivity index (χ1n) is 8.92. The van der Waals surface area contributed by atoms with Crippen LogP contribution in [0, 0.1) is 12.8 Å². The molecular weight excluding hydrogens is 328 g/mol. The molecule has 1 atom stereocenters. The zero-order valence-electron chi connectivity index (χ0n) is 14.6. The standard InChI is InChI=1S/C20H22N4O2/c1-12-22-16-6-5-13(8-18(16)23-12)9-19(26)24-20(14-10-15(25)11-14)17-4-2-3-7-21-17/h2-8,14-15,20,25H,9-11H2,1H3,(H,22,23)(H,24,26). The van der Waals surface area contributed by atoms with Crippen molar-refractivity contribution in [3.05, 3.63) is 59.7 Å². The molecule has 1 fully saturated rings. The number of fused-ring (bicyclic) bond motifs is 1. The van der Waals surface area contributed by atoms with Crippen molar-refractivity contribution >= 4 is 16.9 Å². The minimum absolute atomic E-state index is 0.0439. The van der Waals surface area contributed by atoms with Crippen molar-refractivity contribution in [3.8, 4) is 0 Å². The quantitative estimate of drug-likeness (QED) is 0.659. The molecule has 4 rings (SSSR count). The molecule has 134 valence electrons. The van der Waals surface area contributed by atoms with E-state index in [9.17, 15) is 9.90 Å². The maximum absolute atomic E-state index is 12.6. The summed E-state index contributed by atoms with van der Waals surface area (Å²) in [4.78, 5) is 24.6. The molecule has 3 aromatic rings. The SMILES string of the molecule is Cc1nc2ccc(CC(=O)NC(c3ccccn3)C3CC(O)C3)cc2[nH]1. The van der Waals surface area contributed by atoms with Gasteiger partial charge in [0.25, 0.3) is 0 Å². The Kier molecular flexibility index (Phi) is 4.42. The summed E-state index contributed by atoms with van der Waals surface area (Å²) >= 11 is 0. The number of pyridine rings is 1. The summed E-state index contributed by atoms with van der Waals surface area (Å²) < 4.78 is 0. The Morgan fingerprint density at radius 2 is 2.19 bits per heavy atom. The lowest BCUT2D eigenvalue weighted by atomic mass is 9.76. The second-order valence-corrected chi connectivity index (χ2v) is 7.04. The highest BCUT2D eigenvalue weighted by molar-refractivity contribution is 5.82. The van der Waals surface area contributed by atoms with Gasteiger partial charge >= 0.3 is 0 Å². The van der Waals surface area contributed by atoms with Crippen LogP contribution in [0.5, 0.6) is 0 Å². The van der Waals surface area contributed by atoms with Crippen LogP contribution < -0.4 is 5.32 Å². The first-order chi connectivity index (χ1) is 12.6. The number of rotatable bonds is 5. The number of nitrogens with zero attached hydrogens (tertiary/aromatic N) is 2. The van der Waals surface area contributed by atoms with Crippen LogP contribution in [0.25, 0.3) is 11.0 Å². The van der Waals surface area contributed by atoms with Crippen molar-refractivity contribution in [3.63, 3.8) is 0 Å². The maximum Gasteiger partial charge on any atom is 0.224 e. The molecule has 3 N–H and O–H groups in total. The molecule has 0 spiro atoms. The predicted molar refractivity (Wildman–Crippen MR) is 98.4 cm³/mol. The molecule has 1 aromatic carbocycles. The van der Waals surface area contributed by atoms with Crippen LogP contribution in [0.4, 0.5) is 0 Å². The number of aromatic nitrogens is 3. The number of aromatic amines is 1. The number of benzene rings is 1. The number of carbonyl (C=O) groups excluding carboxylic acids is 1. The number of hydrogen-bond donors (Lipinski definition) is 3. The van der Waals surface area contributed by atoms with Crippen LogP contribution in [0.2, 0.25) is 0 Å². The number of hydrogen-bond acceptors (Lipinski definition) is 4. The molecular formula is C20H22N4O2. The average Bonchev–Trinajstić information content (AvgIpc) is 2.97. The van der Waals surface area contributed by atoms with E-state index in [4.69, 9.17) is 0 Å². The lowest BCUT2D eigenvalue weighted by molar-refractivity contribution is -0.122. The largest absolute Gasteiger partial charge is 0.393 e. The van der Waals surface area contributed by atoms with Crippen LogP contribution in [-0.2, 0) is 11.2 Å². The van der Waals surface area contributed by atoms with E-state index in [1.807, 2.05) is 43.3 Å². The molecule has 1 aliphatic rings. The highest BCUT2D eigenvalue weighted by atomic mass is 16.3. The van der Waals surface area contributed by atoms with Gasteiger partial charge in [0.05, 0.1) is 35.3 Å². The molecule has 6 nitrogen and oxygen atoms in total. The third kappa shape index (κ3) is 3.46. The van der Waals surface area contributed by atoms with Crippen LogP contribution in [0.15, 0.2) is 42.6 Å². The Bertz CT molecular complexity index is 916. The van der Waals surface area contributed by atoms with Gasteiger partial charge in [0.2, 0.25) is 5.91 Å². The molecule has 0 bridgehead atoms. The zero-order chi connectivity index (χ0) is 18.1. The van der Waals surface area contributed by atoms with Crippen molar-refractivity contribution in [1.82, 2.24) is 20.3 Å². The summed E-state index contributed by atoms with van der Waals surface area (Å²) in [6, 6.07) is 11.4. The molecule has 0 radical (unpaired) electrons. The first kappa shape index (κ1) is 16.7. The van der Waals surface area contributed by atoms with Crippen LogP contribution >= 0.6 is 0 Å². The Balaban J connectivity index is 1.48. The van der Waals surface area contributed by atoms with E-state index in [1.165, 1.54) is 0 Å². The number of amides is 1. The molecule has 1 amide bonds. The second kappa shape index (κ2) is 6.88. The fourth-order valence-corrected chi connectivity index (χ4v) is 3.60. The second-order valence-electron chi connectivity index (χ2n) is 7.04. The first-order valence-corrected chi connectivity index (χ1v) is 8.92. The van der Waals surface area contributed by atoms with Gasteiger partial charge in [-0.1, -0.05) is 12.1 Å². The molecule has 0 saturated heterocycles. The topological polar surface area (TPSA) is 90.9 Å². The molecule has 1 saturated carbocycles. The van der Waals surface area contributed by atoms with Crippen molar-refractivity contribution in [2.45, 2.75) is 38.3 Å². The molecule has 0 aliphatic heterocycles. The number of aliphatic hydroxyl groups is 1. The number of carbonyl (C=O) groups is 1. The fourth-order valence-electron chi connectivity index (χ4n) is 3.60. The average molecular weight is 350 g/mol. The summed E-state index contributed by atoms with van der Waals surface area (Å²) in [5, 5.41) is 12.8. The Morgan fingerprint density at radius 1 is 1.35 bits per heavy atom. The van der Waals surface area contributed by atoms with E-state index in [1.54, 1.807) is 6.20 Å². The van der Waals surface area contributed by atoms with Gasteiger partial charge in [-0.2, -0.15) is 0 Å². The number of aryl methyl sites for hydroxylation is 1. The molecule has 2 heterocycles. The lowest BCUT2D eigenvalue weighted by Crippen LogP contribution is -2.42. The van der Waals surface area contributed by atoms with Crippen molar-refractivity contribution in [2.24, 2.45) is 5.92 Å². The van der Waals surface area contributed by atoms with E-state index >= 15 is 0 Å². The highest BCUT2D eigenvalue weighted by Gasteiger charge is 2.36. The minimum Gasteiger partial charge on any atom is -0.393 e. The number of H-pyrrole nitrogens is 1. The summed E-state index contributed by atoms with van der Waals surface area (Å²) in [5.41, 5.74) is 3.63. The summed E-state index contributed by atoms with van der Waals surface area (Å²) in [6.45, 7) is 1.91. The number of imidazole rings is 1. The molecule has 1 aliphatic carbocycles. The smallest absolute Gasteiger partial charge is 0.224 e. The molecule has 2 aromatic heterocycles. The van der Waals surface area contributed by atoms with E-state index < -0.39 is 0 Å². The summed E-state index contributed by atoms with van der Waals surface area (Å²) in [7, 11) is 0. The Hall–Kier alpha value is -2.73. The van der Waals surface area contributed by atoms with Gasteiger partial charge in [0.1, 0.15) is 5.82 Å². The molecule has 6 heteroatoms. The van der Waals surface area contributed by atoms with E-state index in [-0.39, 0.29) is 24.0 Å². The van der Waals surface area contributed by atoms with Crippen LogP contribution in [0.3, 0.4) is 0 Å². The predicted octanol–water partition coefficient (Wildman–Crippen LogP) is 2.44. The summed E-state index contributed by atoms with van der Waals surface area (Å²) in [6.07, 6.45) is 3.15. The van der Waals surface area contributed by atoms with Crippen molar-refractivity contribution < 1.29 is 9.90 Å². The monoisotopic (exact) mass is 350 g/mol. The number of aliphatic hydroxyl groups excluding tert-OH is 1. The zero-order valence-corrected chi connectivity index (χ0v) is 14.6. The van der Waals surface area contributed by atoms with E-state index in [2.05, 4.69) is 20.3 Å². The van der Waals surface area contributed by atoms with Gasteiger partial charge in [0, 0.05) is 6.20 Å². The van der Waals surface area contributed by atoms with Crippen molar-refractivity contribution in [2.75, 3.05) is 0 Å². The highest BCUT2D eigenvalue weighted by Crippen LogP contribution is 2.37. The maximum atomic E-state index is 12.6. The third-order valence-electron chi connectivity index (χ3n) is 4.97. The van der Waals surface area contributed by atoms with Gasteiger partial charge in [-0.25, -0.2) is 4.98 Å². The lowest BCUT2D eigenvalue weighted by Gasteiger charge is -2.37. The molecule has 26 heavy (non-hydrogen) atoms. The van der Waals surface area contributed by atoms with Crippen LogP contribution in [0.1, 0.15) is 36.0 Å². The van der Waals surface area contributed by atoms with Gasteiger partial charge in [0.15, 0.2) is 0 Å². The molecule has 1 unspecified atom stereocenters. The Morgan fingerprint density at radius 3 is 2.92 bits per heavy atom. The van der Waals surface area contributed by atoms with E-state index in [0.717, 1.165) is 28.1 Å². The summed E-state index contributed by atoms with van der Waals surface area (Å²) in [5.74, 6) is 1.04. The third-order valence-corrected chi connectivity index (χ3v) is 4.97. The van der Waals surface area contributed by atoms with Gasteiger partial charge < -0.3 is 15.4 Å². The number of nitrogens with one attached hydrogen (secondary N) is 2. The fraction of sp³-hybridized carbons (Fsp3) is 0.350. The minimum atomic E-state index is -0.269. The van der Waals surface area contributed by atoms with Gasteiger partial charge in [-0.05, 0) is 55.5 Å². The van der Waals surface area contributed by atoms with Gasteiger partial charge in [-0.3, -0.25) is 9.78 Å².